The number of aromatic amines is 2. The fourth-order valence-corrected chi connectivity index (χ4v) is 3.90. The summed E-state index contributed by atoms with van der Waals surface area (Å²) < 4.78 is 0. The number of aromatic nitrogens is 3. The van der Waals surface area contributed by atoms with Gasteiger partial charge in [0.1, 0.15) is 18.1 Å². The maximum atomic E-state index is 13.3. The molecule has 0 radical (unpaired) electrons. The zero-order valence-electron chi connectivity index (χ0n) is 20.4. The highest BCUT2D eigenvalue weighted by molar-refractivity contribution is 5.94. The van der Waals surface area contributed by atoms with Crippen molar-refractivity contribution in [2.24, 2.45) is 11.5 Å². The number of imidazole rings is 1. The van der Waals surface area contributed by atoms with Crippen LogP contribution in [0.4, 0.5) is 0 Å². The molecule has 3 aromatic rings. The lowest BCUT2D eigenvalue weighted by atomic mass is 10.0. The number of hydrogen-bond acceptors (Lipinski definition) is 7. The van der Waals surface area contributed by atoms with Gasteiger partial charge in [0.25, 0.3) is 0 Å². The highest BCUT2D eigenvalue weighted by Crippen LogP contribution is 2.19. The predicted octanol–water partition coefficient (Wildman–Crippen LogP) is -1.56. The van der Waals surface area contributed by atoms with Gasteiger partial charge in [-0.3, -0.25) is 19.2 Å². The molecule has 38 heavy (non-hydrogen) atoms. The topological polar surface area (TPSA) is 238 Å². The van der Waals surface area contributed by atoms with Crippen molar-refractivity contribution in [2.75, 3.05) is 6.54 Å². The van der Waals surface area contributed by atoms with Crippen molar-refractivity contribution in [2.45, 2.75) is 43.8 Å². The van der Waals surface area contributed by atoms with Crippen molar-refractivity contribution in [1.29, 1.82) is 0 Å². The van der Waals surface area contributed by atoms with Gasteiger partial charge in [0.05, 0.1) is 12.9 Å². The molecule has 0 fully saturated rings. The molecule has 0 bridgehead atoms. The number of carboxylic acid groups (broad SMARTS) is 1. The SMILES string of the molecule is NCC(=O)NC(CCC(N)=O)C(=O)NC(Cc1cnc[nH]1)C(=O)NC(Cc1c[nH]c2ccccc12)C(=O)O. The van der Waals surface area contributed by atoms with E-state index in [4.69, 9.17) is 11.5 Å². The standard InChI is InChI=1S/C24H30N8O6/c25-9-21(34)30-17(5-6-20(26)33)22(35)31-18(8-14-11-27-12-29-14)23(36)32-19(24(37)38)7-13-10-28-16-4-2-1-3-15(13)16/h1-4,10-12,17-19,28H,5-9,25H2,(H2,26,33)(H,27,29)(H,30,34)(H,31,35)(H,32,36)(H,37,38). The summed E-state index contributed by atoms with van der Waals surface area (Å²) in [6, 6.07) is 3.62. The van der Waals surface area contributed by atoms with Crippen molar-refractivity contribution in [3.05, 3.63) is 54.2 Å². The second-order valence-electron chi connectivity index (χ2n) is 8.63. The molecule has 14 nitrogen and oxygen atoms in total. The summed E-state index contributed by atoms with van der Waals surface area (Å²) in [7, 11) is 0. The summed E-state index contributed by atoms with van der Waals surface area (Å²) in [5.41, 5.74) is 12.5. The first-order valence-electron chi connectivity index (χ1n) is 11.8. The summed E-state index contributed by atoms with van der Waals surface area (Å²) in [5, 5.41) is 18.1. The van der Waals surface area contributed by atoms with Gasteiger partial charge in [-0.2, -0.15) is 0 Å². The summed E-state index contributed by atoms with van der Waals surface area (Å²) >= 11 is 0. The zero-order valence-corrected chi connectivity index (χ0v) is 20.4. The average molecular weight is 527 g/mol. The van der Waals surface area contributed by atoms with Crippen molar-refractivity contribution < 1.29 is 29.1 Å². The molecule has 3 unspecified atom stereocenters. The van der Waals surface area contributed by atoms with E-state index in [0.717, 1.165) is 10.9 Å². The first-order valence-corrected chi connectivity index (χ1v) is 11.8. The number of amides is 4. The number of nitrogens with zero attached hydrogens (tertiary/aromatic N) is 1. The summed E-state index contributed by atoms with van der Waals surface area (Å²) in [6.07, 6.45) is 4.14. The van der Waals surface area contributed by atoms with Gasteiger partial charge in [-0.1, -0.05) is 18.2 Å². The normalized spacial score (nSPS) is 13.3. The van der Waals surface area contributed by atoms with E-state index in [-0.39, 0.29) is 25.7 Å². The Bertz CT molecular complexity index is 1290. The number of nitrogens with two attached hydrogens (primary N) is 2. The molecule has 2 heterocycles. The molecule has 14 heteroatoms. The third-order valence-corrected chi connectivity index (χ3v) is 5.84. The minimum Gasteiger partial charge on any atom is -0.480 e. The molecule has 0 saturated carbocycles. The minimum atomic E-state index is -1.30. The quantitative estimate of drug-likeness (QED) is 0.122. The molecular weight excluding hydrogens is 496 g/mol. The number of rotatable bonds is 14. The third-order valence-electron chi connectivity index (χ3n) is 5.84. The Morgan fingerprint density at radius 2 is 1.66 bits per heavy atom. The predicted molar refractivity (Wildman–Crippen MR) is 135 cm³/mol. The number of H-pyrrole nitrogens is 2. The van der Waals surface area contributed by atoms with E-state index in [2.05, 4.69) is 30.9 Å². The third kappa shape index (κ3) is 7.64. The molecule has 0 saturated heterocycles. The molecule has 0 aliphatic carbocycles. The highest BCUT2D eigenvalue weighted by atomic mass is 16.4. The first kappa shape index (κ1) is 27.9. The van der Waals surface area contributed by atoms with Gasteiger partial charge in [0.15, 0.2) is 0 Å². The number of aliphatic carboxylic acids is 1. The number of benzene rings is 1. The van der Waals surface area contributed by atoms with Crippen LogP contribution in [0.1, 0.15) is 24.1 Å². The number of carbonyl (C=O) groups is 5. The molecule has 202 valence electrons. The fourth-order valence-electron chi connectivity index (χ4n) is 3.90. The first-order chi connectivity index (χ1) is 18.2. The van der Waals surface area contributed by atoms with Crippen LogP contribution in [-0.2, 0) is 36.8 Å². The molecule has 1 aromatic carbocycles. The van der Waals surface area contributed by atoms with Crippen LogP contribution in [0.3, 0.4) is 0 Å². The number of primary amides is 1. The van der Waals surface area contributed by atoms with Gasteiger partial charge in [-0.15, -0.1) is 0 Å². The van der Waals surface area contributed by atoms with E-state index in [1.807, 2.05) is 24.3 Å². The lowest BCUT2D eigenvalue weighted by Crippen LogP contribution is -2.57. The highest BCUT2D eigenvalue weighted by Gasteiger charge is 2.30. The second-order valence-corrected chi connectivity index (χ2v) is 8.63. The van der Waals surface area contributed by atoms with Crippen LogP contribution in [0.5, 0.6) is 0 Å². The molecule has 4 amide bonds. The van der Waals surface area contributed by atoms with Crippen molar-refractivity contribution >= 4 is 40.5 Å². The van der Waals surface area contributed by atoms with Gasteiger partial charge in [-0.25, -0.2) is 9.78 Å². The number of hydrogen-bond donors (Lipinski definition) is 8. The van der Waals surface area contributed by atoms with E-state index < -0.39 is 54.3 Å². The van der Waals surface area contributed by atoms with Crippen LogP contribution < -0.4 is 27.4 Å². The monoisotopic (exact) mass is 526 g/mol. The molecule has 0 spiro atoms. The van der Waals surface area contributed by atoms with Gasteiger partial charge in [-0.05, 0) is 18.1 Å². The van der Waals surface area contributed by atoms with Crippen LogP contribution in [0.2, 0.25) is 0 Å². The van der Waals surface area contributed by atoms with E-state index in [9.17, 15) is 29.1 Å². The summed E-state index contributed by atoms with van der Waals surface area (Å²) in [6.45, 7) is -0.396. The number of carboxylic acids is 1. The minimum absolute atomic E-state index is 0.0103. The Morgan fingerprint density at radius 3 is 2.32 bits per heavy atom. The van der Waals surface area contributed by atoms with Crippen LogP contribution in [0.25, 0.3) is 10.9 Å². The van der Waals surface area contributed by atoms with Crippen molar-refractivity contribution in [3.8, 4) is 0 Å². The maximum Gasteiger partial charge on any atom is 0.326 e. The van der Waals surface area contributed by atoms with E-state index in [0.29, 0.717) is 11.3 Å². The largest absolute Gasteiger partial charge is 0.480 e. The maximum absolute atomic E-state index is 13.3. The van der Waals surface area contributed by atoms with E-state index in [1.165, 1.54) is 12.5 Å². The fraction of sp³-hybridized carbons (Fsp3) is 0.333. The van der Waals surface area contributed by atoms with Crippen LogP contribution in [0.15, 0.2) is 43.0 Å². The van der Waals surface area contributed by atoms with Crippen LogP contribution >= 0.6 is 0 Å². The lowest BCUT2D eigenvalue weighted by Gasteiger charge is -2.24. The van der Waals surface area contributed by atoms with Crippen LogP contribution in [-0.4, -0.2) is 74.3 Å². The molecule has 3 rings (SSSR count). The lowest BCUT2D eigenvalue weighted by molar-refractivity contribution is -0.142. The molecule has 2 aromatic heterocycles. The number of nitrogens with one attached hydrogen (secondary N) is 5. The Kier molecular flexibility index (Phi) is 9.54. The summed E-state index contributed by atoms with van der Waals surface area (Å²) in [4.78, 5) is 71.2. The van der Waals surface area contributed by atoms with E-state index in [1.54, 1.807) is 6.20 Å². The number of carbonyl (C=O) groups excluding carboxylic acids is 4. The van der Waals surface area contributed by atoms with Crippen molar-refractivity contribution in [3.63, 3.8) is 0 Å². The average Bonchev–Trinajstić information content (AvgIpc) is 3.55. The second kappa shape index (κ2) is 13.0. The Morgan fingerprint density at radius 1 is 0.947 bits per heavy atom. The summed E-state index contributed by atoms with van der Waals surface area (Å²) in [5.74, 6) is -4.12. The molecule has 3 atom stereocenters. The molecular formula is C24H30N8O6. The Balaban J connectivity index is 1.78. The number of para-hydroxylation sites is 1. The van der Waals surface area contributed by atoms with Gasteiger partial charge < -0.3 is 42.5 Å². The molecule has 0 aliphatic heterocycles. The smallest absolute Gasteiger partial charge is 0.326 e. The van der Waals surface area contributed by atoms with E-state index >= 15 is 0 Å². The molecule has 0 aliphatic rings. The van der Waals surface area contributed by atoms with Crippen molar-refractivity contribution in [1.82, 2.24) is 30.9 Å². The van der Waals surface area contributed by atoms with Gasteiger partial charge in [0, 0.05) is 48.3 Å². The van der Waals surface area contributed by atoms with Gasteiger partial charge in [0.2, 0.25) is 23.6 Å². The van der Waals surface area contributed by atoms with Gasteiger partial charge >= 0.3 is 5.97 Å². The zero-order chi connectivity index (χ0) is 27.7. The Labute approximate surface area is 216 Å². The Hall–Kier alpha value is -4.72. The molecule has 10 N–H and O–H groups in total. The number of fused-ring (bicyclic) bond motifs is 1. The van der Waals surface area contributed by atoms with Crippen LogP contribution in [0, 0.1) is 0 Å².